The lowest BCUT2D eigenvalue weighted by Crippen LogP contribution is -2.51. The molecule has 0 rings (SSSR count). The topological polar surface area (TPSA) is 138 Å². The molecule has 176 valence electrons. The van der Waals surface area contributed by atoms with Gasteiger partial charge in [0, 0.05) is 0 Å². The molecule has 0 saturated carbocycles. The number of aliphatic carboxylic acids is 1. The van der Waals surface area contributed by atoms with Crippen molar-refractivity contribution in [1.82, 2.24) is 4.90 Å². The smallest absolute Gasteiger partial charge is 0.422 e. The molecule has 0 aliphatic rings. The van der Waals surface area contributed by atoms with Gasteiger partial charge in [0.2, 0.25) is 12.6 Å². The van der Waals surface area contributed by atoms with E-state index in [1.54, 1.807) is 41.5 Å². The molecule has 0 aromatic rings. The van der Waals surface area contributed by atoms with Crippen LogP contribution in [0.25, 0.3) is 0 Å². The van der Waals surface area contributed by atoms with Gasteiger partial charge in [-0.1, -0.05) is 0 Å². The highest BCUT2D eigenvalue weighted by Gasteiger charge is 2.39. The van der Waals surface area contributed by atoms with Gasteiger partial charge in [-0.3, -0.25) is 0 Å². The quantitative estimate of drug-likeness (QED) is 0.391. The number of nitrogens with two attached hydrogens (primary N) is 1. The van der Waals surface area contributed by atoms with Gasteiger partial charge in [-0.05, 0) is 81.2 Å². The number of carbonyl (C=O) groups excluding carboxylic acids is 2. The molecule has 3 N–H and O–H groups in total. The molecule has 0 spiro atoms. The number of amides is 2. The van der Waals surface area contributed by atoms with Crippen molar-refractivity contribution in [2.75, 3.05) is 6.54 Å². The first-order valence-electron chi connectivity index (χ1n) is 10.1. The standard InChI is InChI=1S/C20H38N2O8/c1-13(29-19(3,4)5)27-17(25)22(15(16(23)24)11-9-10-12-21)18(26)28-14(2)30-20(6,7)8/h13-15H,9-12,21H2,1-8H3,(H,23,24). The summed E-state index contributed by atoms with van der Waals surface area (Å²) >= 11 is 0. The number of rotatable bonds is 10. The summed E-state index contributed by atoms with van der Waals surface area (Å²) in [5.41, 5.74) is 4.22. The van der Waals surface area contributed by atoms with E-state index < -0.39 is 48.0 Å². The monoisotopic (exact) mass is 434 g/mol. The summed E-state index contributed by atoms with van der Waals surface area (Å²) in [7, 11) is 0. The Morgan fingerprint density at radius 2 is 1.27 bits per heavy atom. The minimum Gasteiger partial charge on any atom is -0.480 e. The third-order valence-corrected chi connectivity index (χ3v) is 3.49. The average molecular weight is 435 g/mol. The molecule has 0 bridgehead atoms. The van der Waals surface area contributed by atoms with Crippen molar-refractivity contribution >= 4 is 18.2 Å². The van der Waals surface area contributed by atoms with Crippen LogP contribution in [0.2, 0.25) is 0 Å². The first-order valence-corrected chi connectivity index (χ1v) is 10.1. The number of carboxylic acid groups (broad SMARTS) is 1. The van der Waals surface area contributed by atoms with E-state index in [2.05, 4.69) is 0 Å². The molecule has 3 atom stereocenters. The maximum atomic E-state index is 12.7. The third kappa shape index (κ3) is 11.9. The molecule has 0 aliphatic carbocycles. The summed E-state index contributed by atoms with van der Waals surface area (Å²) in [5, 5.41) is 9.63. The Bertz CT molecular complexity index is 532. The minimum atomic E-state index is -1.49. The largest absolute Gasteiger partial charge is 0.480 e. The molecular formula is C20H38N2O8. The normalized spacial score (nSPS) is 15.1. The summed E-state index contributed by atoms with van der Waals surface area (Å²) < 4.78 is 21.4. The van der Waals surface area contributed by atoms with E-state index in [-0.39, 0.29) is 6.42 Å². The number of unbranched alkanes of at least 4 members (excludes halogenated alkanes) is 1. The molecule has 10 nitrogen and oxygen atoms in total. The highest BCUT2D eigenvalue weighted by atomic mass is 16.7. The number of imide groups is 1. The van der Waals surface area contributed by atoms with Gasteiger partial charge in [-0.25, -0.2) is 14.4 Å². The van der Waals surface area contributed by atoms with Gasteiger partial charge in [0.25, 0.3) is 0 Å². The number of carboxylic acids is 1. The Labute approximate surface area is 179 Å². The second-order valence-corrected chi connectivity index (χ2v) is 8.87. The molecule has 0 aromatic carbocycles. The second-order valence-electron chi connectivity index (χ2n) is 8.87. The molecule has 0 aliphatic heterocycles. The van der Waals surface area contributed by atoms with Crippen LogP contribution in [0.3, 0.4) is 0 Å². The summed E-state index contributed by atoms with van der Waals surface area (Å²) in [6.45, 7) is 13.9. The average Bonchev–Trinajstić information content (AvgIpc) is 2.49. The first-order chi connectivity index (χ1) is 13.6. The Morgan fingerprint density at radius 1 is 0.867 bits per heavy atom. The molecule has 0 heterocycles. The Morgan fingerprint density at radius 3 is 1.57 bits per heavy atom. The van der Waals surface area contributed by atoms with Gasteiger partial charge < -0.3 is 29.8 Å². The summed E-state index contributed by atoms with van der Waals surface area (Å²) in [6, 6.07) is -1.49. The van der Waals surface area contributed by atoms with Crippen molar-refractivity contribution in [3.05, 3.63) is 0 Å². The molecule has 2 amide bonds. The van der Waals surface area contributed by atoms with E-state index in [1.807, 2.05) is 0 Å². The van der Waals surface area contributed by atoms with Gasteiger partial charge in [0.1, 0.15) is 6.04 Å². The van der Waals surface area contributed by atoms with E-state index in [1.165, 1.54) is 13.8 Å². The van der Waals surface area contributed by atoms with Crippen LogP contribution >= 0.6 is 0 Å². The van der Waals surface area contributed by atoms with Gasteiger partial charge in [-0.2, -0.15) is 4.90 Å². The first kappa shape index (κ1) is 28.1. The lowest BCUT2D eigenvalue weighted by atomic mass is 10.1. The van der Waals surface area contributed by atoms with Crippen molar-refractivity contribution < 1.29 is 38.4 Å². The van der Waals surface area contributed by atoms with Crippen molar-refractivity contribution in [1.29, 1.82) is 0 Å². The van der Waals surface area contributed by atoms with Crippen LogP contribution < -0.4 is 5.73 Å². The van der Waals surface area contributed by atoms with Crippen molar-refractivity contribution in [2.24, 2.45) is 5.73 Å². The number of nitrogens with zero attached hydrogens (tertiary/aromatic N) is 1. The van der Waals surface area contributed by atoms with Gasteiger partial charge in [0.15, 0.2) is 0 Å². The Kier molecular flexibility index (Phi) is 11.3. The van der Waals surface area contributed by atoms with Crippen LogP contribution in [0.15, 0.2) is 0 Å². The van der Waals surface area contributed by atoms with Crippen LogP contribution in [-0.4, -0.2) is 64.5 Å². The van der Waals surface area contributed by atoms with E-state index in [4.69, 9.17) is 24.7 Å². The maximum Gasteiger partial charge on any atom is 0.422 e. The fraction of sp³-hybridized carbons (Fsp3) is 0.850. The van der Waals surface area contributed by atoms with Crippen molar-refractivity contribution in [3.8, 4) is 0 Å². The van der Waals surface area contributed by atoms with E-state index in [0.29, 0.717) is 24.3 Å². The molecular weight excluding hydrogens is 396 g/mol. The summed E-state index contributed by atoms with van der Waals surface area (Å²) in [4.78, 5) is 37.7. The van der Waals surface area contributed by atoms with Crippen LogP contribution in [0.1, 0.15) is 74.7 Å². The van der Waals surface area contributed by atoms with Gasteiger partial charge in [-0.15, -0.1) is 0 Å². The zero-order valence-corrected chi connectivity index (χ0v) is 19.4. The Balaban J connectivity index is 5.57. The SMILES string of the molecule is CC(OC(=O)N(C(=O)OC(C)OC(C)(C)C)C(CCCCN)C(=O)O)OC(C)(C)C. The summed E-state index contributed by atoms with van der Waals surface area (Å²) in [5.74, 6) is -1.37. The number of ether oxygens (including phenoxy) is 4. The summed E-state index contributed by atoms with van der Waals surface area (Å²) in [6.07, 6.45) is -3.47. The van der Waals surface area contributed by atoms with Crippen molar-refractivity contribution in [3.63, 3.8) is 0 Å². The highest BCUT2D eigenvalue weighted by molar-refractivity contribution is 5.93. The second kappa shape index (κ2) is 12.1. The minimum absolute atomic E-state index is 0.000247. The van der Waals surface area contributed by atoms with Gasteiger partial charge >= 0.3 is 18.2 Å². The van der Waals surface area contributed by atoms with Crippen LogP contribution in [0, 0.1) is 0 Å². The van der Waals surface area contributed by atoms with Crippen molar-refractivity contribution in [2.45, 2.75) is 104 Å². The number of carbonyl (C=O) groups is 3. The predicted octanol–water partition coefficient (Wildman–Crippen LogP) is 3.47. The fourth-order valence-electron chi connectivity index (χ4n) is 2.62. The maximum absolute atomic E-state index is 12.7. The van der Waals surface area contributed by atoms with E-state index >= 15 is 0 Å². The lowest BCUT2D eigenvalue weighted by molar-refractivity contribution is -0.172. The highest BCUT2D eigenvalue weighted by Crippen LogP contribution is 2.19. The molecule has 0 saturated heterocycles. The number of hydrogen-bond acceptors (Lipinski definition) is 8. The molecule has 0 fully saturated rings. The van der Waals surface area contributed by atoms with E-state index in [9.17, 15) is 19.5 Å². The molecule has 30 heavy (non-hydrogen) atoms. The lowest BCUT2D eigenvalue weighted by Gasteiger charge is -2.31. The Hall–Kier alpha value is -1.91. The zero-order chi connectivity index (χ0) is 23.7. The van der Waals surface area contributed by atoms with Crippen LogP contribution in [0.5, 0.6) is 0 Å². The van der Waals surface area contributed by atoms with E-state index in [0.717, 1.165) is 0 Å². The molecule has 10 heteroatoms. The third-order valence-electron chi connectivity index (χ3n) is 3.49. The zero-order valence-electron chi connectivity index (χ0n) is 19.4. The number of hydrogen-bond donors (Lipinski definition) is 2. The molecule has 0 aromatic heterocycles. The fourth-order valence-corrected chi connectivity index (χ4v) is 2.62. The van der Waals surface area contributed by atoms with Crippen LogP contribution in [-0.2, 0) is 23.7 Å². The van der Waals surface area contributed by atoms with Gasteiger partial charge in [0.05, 0.1) is 11.2 Å². The molecule has 0 radical (unpaired) electrons. The molecule has 3 unspecified atom stereocenters. The predicted molar refractivity (Wildman–Crippen MR) is 110 cm³/mol. The van der Waals surface area contributed by atoms with Crippen LogP contribution in [0.4, 0.5) is 9.59 Å².